The number of hydrogen-bond acceptors (Lipinski definition) is 3. The largest absolute Gasteiger partial charge is 0.364 e. The molecular formula is C8H6N2OS. The molecule has 0 atom stereocenters. The molecule has 2 aromatic heterocycles. The number of carbonyl (C=O) groups excluding carboxylic acids is 1. The van der Waals surface area contributed by atoms with Gasteiger partial charge in [0.15, 0.2) is 0 Å². The van der Waals surface area contributed by atoms with Crippen LogP contribution in [-0.4, -0.2) is 10.9 Å². The normalized spacial score (nSPS) is 10.3. The van der Waals surface area contributed by atoms with Gasteiger partial charge in [0, 0.05) is 16.3 Å². The maximum atomic E-state index is 10.7. The van der Waals surface area contributed by atoms with E-state index in [2.05, 4.69) is 4.98 Å². The van der Waals surface area contributed by atoms with E-state index >= 15 is 0 Å². The van der Waals surface area contributed by atoms with Crippen molar-refractivity contribution in [3.05, 3.63) is 29.4 Å². The molecule has 0 aliphatic carbocycles. The fourth-order valence-corrected chi connectivity index (χ4v) is 1.79. The van der Waals surface area contributed by atoms with Crippen LogP contribution in [0.5, 0.6) is 0 Å². The van der Waals surface area contributed by atoms with Gasteiger partial charge < -0.3 is 5.73 Å². The van der Waals surface area contributed by atoms with Crippen molar-refractivity contribution >= 4 is 27.3 Å². The highest BCUT2D eigenvalue weighted by Gasteiger charge is 2.02. The molecule has 2 aromatic rings. The van der Waals surface area contributed by atoms with Crippen molar-refractivity contribution in [3.8, 4) is 0 Å². The van der Waals surface area contributed by atoms with Crippen molar-refractivity contribution in [3.63, 3.8) is 0 Å². The van der Waals surface area contributed by atoms with Crippen LogP contribution in [0.3, 0.4) is 0 Å². The second-order valence-corrected chi connectivity index (χ2v) is 3.34. The van der Waals surface area contributed by atoms with E-state index in [0.717, 1.165) is 10.1 Å². The molecule has 0 saturated heterocycles. The third-order valence-electron chi connectivity index (χ3n) is 1.59. The molecule has 2 heterocycles. The SMILES string of the molecule is NC(=O)c1cc2sccc2cn1. The molecule has 1 amide bonds. The predicted octanol–water partition coefficient (Wildman–Crippen LogP) is 1.40. The maximum absolute atomic E-state index is 10.7. The molecule has 60 valence electrons. The highest BCUT2D eigenvalue weighted by molar-refractivity contribution is 7.17. The Balaban J connectivity index is 2.68. The van der Waals surface area contributed by atoms with Crippen LogP contribution in [0.25, 0.3) is 10.1 Å². The van der Waals surface area contributed by atoms with Gasteiger partial charge in [0.25, 0.3) is 5.91 Å². The van der Waals surface area contributed by atoms with Crippen molar-refractivity contribution in [1.82, 2.24) is 4.98 Å². The van der Waals surface area contributed by atoms with Crippen LogP contribution in [0.4, 0.5) is 0 Å². The Labute approximate surface area is 72.8 Å². The van der Waals surface area contributed by atoms with E-state index in [-0.39, 0.29) is 0 Å². The summed E-state index contributed by atoms with van der Waals surface area (Å²) in [4.78, 5) is 14.6. The first-order valence-corrected chi connectivity index (χ1v) is 4.28. The number of nitrogens with two attached hydrogens (primary N) is 1. The summed E-state index contributed by atoms with van der Waals surface area (Å²) in [6, 6.07) is 3.67. The zero-order valence-electron chi connectivity index (χ0n) is 6.15. The molecule has 12 heavy (non-hydrogen) atoms. The van der Waals surface area contributed by atoms with Gasteiger partial charge in [0.2, 0.25) is 0 Å². The lowest BCUT2D eigenvalue weighted by Gasteiger charge is -1.92. The number of rotatable bonds is 1. The lowest BCUT2D eigenvalue weighted by molar-refractivity contribution is 0.0996. The summed E-state index contributed by atoms with van der Waals surface area (Å²) < 4.78 is 1.04. The number of nitrogens with zero attached hydrogens (tertiary/aromatic N) is 1. The number of hydrogen-bond donors (Lipinski definition) is 1. The summed E-state index contributed by atoms with van der Waals surface area (Å²) in [6.45, 7) is 0. The number of thiophene rings is 1. The van der Waals surface area contributed by atoms with Gasteiger partial charge in [-0.1, -0.05) is 0 Å². The van der Waals surface area contributed by atoms with Crippen molar-refractivity contribution in [2.75, 3.05) is 0 Å². The van der Waals surface area contributed by atoms with Crippen LogP contribution in [0, 0.1) is 0 Å². The minimum Gasteiger partial charge on any atom is -0.364 e. The third-order valence-corrected chi connectivity index (χ3v) is 2.47. The average molecular weight is 178 g/mol. The summed E-state index contributed by atoms with van der Waals surface area (Å²) in [7, 11) is 0. The van der Waals surface area contributed by atoms with Gasteiger partial charge in [-0.3, -0.25) is 9.78 Å². The lowest BCUT2D eigenvalue weighted by Crippen LogP contribution is -2.12. The molecule has 0 unspecified atom stereocenters. The van der Waals surface area contributed by atoms with Gasteiger partial charge in [-0.15, -0.1) is 11.3 Å². The summed E-state index contributed by atoms with van der Waals surface area (Å²) in [5, 5.41) is 3.00. The van der Waals surface area contributed by atoms with E-state index in [9.17, 15) is 4.79 Å². The zero-order chi connectivity index (χ0) is 8.55. The first-order chi connectivity index (χ1) is 5.77. The Kier molecular flexibility index (Phi) is 1.55. The second kappa shape index (κ2) is 2.57. The van der Waals surface area contributed by atoms with Gasteiger partial charge in [0.05, 0.1) is 0 Å². The molecule has 0 saturated carbocycles. The van der Waals surface area contributed by atoms with Crippen LogP contribution in [0.15, 0.2) is 23.7 Å². The quantitative estimate of drug-likeness (QED) is 0.717. The molecule has 2 rings (SSSR count). The third kappa shape index (κ3) is 1.06. The molecule has 0 bridgehead atoms. The van der Waals surface area contributed by atoms with E-state index in [4.69, 9.17) is 5.73 Å². The number of fused-ring (bicyclic) bond motifs is 1. The Bertz CT molecular complexity index is 435. The van der Waals surface area contributed by atoms with E-state index < -0.39 is 5.91 Å². The number of primary amides is 1. The van der Waals surface area contributed by atoms with Gasteiger partial charge >= 0.3 is 0 Å². The summed E-state index contributed by atoms with van der Waals surface area (Å²) in [6.07, 6.45) is 1.66. The number of carbonyl (C=O) groups is 1. The molecule has 2 N–H and O–H groups in total. The molecule has 0 aliphatic heterocycles. The highest BCUT2D eigenvalue weighted by Crippen LogP contribution is 2.19. The zero-order valence-corrected chi connectivity index (χ0v) is 6.97. The van der Waals surface area contributed by atoms with E-state index in [1.165, 1.54) is 0 Å². The highest BCUT2D eigenvalue weighted by atomic mass is 32.1. The van der Waals surface area contributed by atoms with Gasteiger partial charge in [-0.05, 0) is 17.5 Å². The average Bonchev–Trinajstić information content (AvgIpc) is 2.49. The minimum absolute atomic E-state index is 0.324. The molecular weight excluding hydrogens is 172 g/mol. The van der Waals surface area contributed by atoms with E-state index in [1.54, 1.807) is 23.6 Å². The number of aromatic nitrogens is 1. The first-order valence-electron chi connectivity index (χ1n) is 3.40. The molecule has 0 fully saturated rings. The maximum Gasteiger partial charge on any atom is 0.267 e. The fraction of sp³-hybridized carbons (Fsp3) is 0. The first kappa shape index (κ1) is 7.24. The smallest absolute Gasteiger partial charge is 0.267 e. The van der Waals surface area contributed by atoms with E-state index in [1.807, 2.05) is 11.4 Å². The molecule has 4 heteroatoms. The Morgan fingerprint density at radius 1 is 1.58 bits per heavy atom. The molecule has 0 aliphatic rings. The van der Waals surface area contributed by atoms with Gasteiger partial charge in [0.1, 0.15) is 5.69 Å². The van der Waals surface area contributed by atoms with Gasteiger partial charge in [-0.25, -0.2) is 0 Å². The van der Waals surface area contributed by atoms with Gasteiger partial charge in [-0.2, -0.15) is 0 Å². The van der Waals surface area contributed by atoms with Crippen LogP contribution in [-0.2, 0) is 0 Å². The van der Waals surface area contributed by atoms with E-state index in [0.29, 0.717) is 5.69 Å². The summed E-state index contributed by atoms with van der Waals surface area (Å²) in [5.41, 5.74) is 5.40. The Morgan fingerprint density at radius 2 is 2.42 bits per heavy atom. The summed E-state index contributed by atoms with van der Waals surface area (Å²) >= 11 is 1.57. The van der Waals surface area contributed by atoms with Crippen molar-refractivity contribution in [1.29, 1.82) is 0 Å². The second-order valence-electron chi connectivity index (χ2n) is 2.39. The Hall–Kier alpha value is -1.42. The minimum atomic E-state index is -0.481. The predicted molar refractivity (Wildman–Crippen MR) is 48.1 cm³/mol. The molecule has 0 radical (unpaired) electrons. The Morgan fingerprint density at radius 3 is 3.17 bits per heavy atom. The number of amides is 1. The summed E-state index contributed by atoms with van der Waals surface area (Å²) in [5.74, 6) is -0.481. The lowest BCUT2D eigenvalue weighted by atomic mass is 10.3. The standard InChI is InChI=1S/C8H6N2OS/c9-8(11)6-3-7-5(4-10-6)1-2-12-7/h1-4H,(H2,9,11). The van der Waals surface area contributed by atoms with Crippen LogP contribution < -0.4 is 5.73 Å². The van der Waals surface area contributed by atoms with Crippen molar-refractivity contribution < 1.29 is 4.79 Å². The monoisotopic (exact) mass is 178 g/mol. The van der Waals surface area contributed by atoms with Crippen LogP contribution in [0.2, 0.25) is 0 Å². The number of pyridine rings is 1. The topological polar surface area (TPSA) is 56.0 Å². The molecule has 0 spiro atoms. The van der Waals surface area contributed by atoms with Crippen LogP contribution in [0.1, 0.15) is 10.5 Å². The van der Waals surface area contributed by atoms with Crippen LogP contribution >= 0.6 is 11.3 Å². The molecule has 3 nitrogen and oxygen atoms in total. The molecule has 0 aromatic carbocycles. The fourth-order valence-electron chi connectivity index (χ4n) is 0.990. The van der Waals surface area contributed by atoms with Crippen molar-refractivity contribution in [2.24, 2.45) is 5.73 Å². The van der Waals surface area contributed by atoms with Crippen molar-refractivity contribution in [2.45, 2.75) is 0 Å².